The number of carbonyl (C=O) groups excluding carboxylic acids is 2. The number of nitrogens with zero attached hydrogens (tertiary/aromatic N) is 1. The molecular formula is C8H14N2O3. The van der Waals surface area contributed by atoms with Crippen molar-refractivity contribution in [3.8, 4) is 0 Å². The first-order valence-corrected chi connectivity index (χ1v) is 4.27. The van der Waals surface area contributed by atoms with E-state index in [4.69, 9.17) is 5.73 Å². The number of piperidine rings is 1. The molecule has 5 nitrogen and oxygen atoms in total. The van der Waals surface area contributed by atoms with Gasteiger partial charge >= 0.3 is 0 Å². The van der Waals surface area contributed by atoms with E-state index >= 15 is 0 Å². The van der Waals surface area contributed by atoms with Gasteiger partial charge in [-0.05, 0) is 19.4 Å². The van der Waals surface area contributed by atoms with E-state index in [9.17, 15) is 14.7 Å². The van der Waals surface area contributed by atoms with Crippen LogP contribution in [0.5, 0.6) is 0 Å². The van der Waals surface area contributed by atoms with Crippen LogP contribution in [0.2, 0.25) is 0 Å². The van der Waals surface area contributed by atoms with E-state index in [2.05, 4.69) is 0 Å². The van der Waals surface area contributed by atoms with Crippen molar-refractivity contribution in [3.05, 3.63) is 0 Å². The molecule has 13 heavy (non-hydrogen) atoms. The first kappa shape index (κ1) is 10.1. The lowest BCUT2D eigenvalue weighted by molar-refractivity contribution is -0.142. The third-order valence-corrected chi connectivity index (χ3v) is 2.34. The van der Waals surface area contributed by atoms with Crippen LogP contribution in [0.3, 0.4) is 0 Å². The van der Waals surface area contributed by atoms with Gasteiger partial charge in [0, 0.05) is 6.54 Å². The fourth-order valence-corrected chi connectivity index (χ4v) is 1.59. The Morgan fingerprint density at radius 2 is 2.38 bits per heavy atom. The summed E-state index contributed by atoms with van der Waals surface area (Å²) in [4.78, 5) is 22.8. The van der Waals surface area contributed by atoms with Crippen LogP contribution in [-0.4, -0.2) is 47.4 Å². The molecule has 0 aromatic carbocycles. The number of hydrogen-bond acceptors (Lipinski definition) is 4. The van der Waals surface area contributed by atoms with Crippen molar-refractivity contribution in [3.63, 3.8) is 0 Å². The van der Waals surface area contributed by atoms with Crippen LogP contribution in [0.4, 0.5) is 0 Å². The Balaban J connectivity index is 2.59. The lowest BCUT2D eigenvalue weighted by Crippen LogP contribution is -2.56. The maximum absolute atomic E-state index is 10.9. The molecule has 1 amide bonds. The van der Waals surface area contributed by atoms with E-state index in [0.29, 0.717) is 12.8 Å². The average molecular weight is 186 g/mol. The second-order valence-electron chi connectivity index (χ2n) is 3.40. The third kappa shape index (κ3) is 2.26. The van der Waals surface area contributed by atoms with Crippen molar-refractivity contribution in [1.29, 1.82) is 0 Å². The number of rotatable bonds is 3. The van der Waals surface area contributed by atoms with Crippen molar-refractivity contribution in [2.24, 2.45) is 5.73 Å². The molecule has 1 rings (SSSR count). The summed E-state index contributed by atoms with van der Waals surface area (Å²) in [6.07, 6.45) is 1.83. The highest BCUT2D eigenvalue weighted by atomic mass is 16.3. The van der Waals surface area contributed by atoms with Crippen LogP contribution in [0.1, 0.15) is 12.8 Å². The van der Waals surface area contributed by atoms with E-state index in [0.717, 1.165) is 12.8 Å². The van der Waals surface area contributed by atoms with Gasteiger partial charge in [-0.25, -0.2) is 0 Å². The third-order valence-electron chi connectivity index (χ3n) is 2.34. The molecular weight excluding hydrogens is 172 g/mol. The van der Waals surface area contributed by atoms with Crippen LogP contribution in [0, 0.1) is 0 Å². The largest absolute Gasteiger partial charge is 0.379 e. The van der Waals surface area contributed by atoms with Crippen LogP contribution in [-0.2, 0) is 9.59 Å². The van der Waals surface area contributed by atoms with E-state index in [1.54, 1.807) is 4.90 Å². The Hall–Kier alpha value is -0.940. The number of carbonyl (C=O) groups is 2. The number of amides is 1. The Bertz CT molecular complexity index is 219. The van der Waals surface area contributed by atoms with Crippen LogP contribution < -0.4 is 5.73 Å². The summed E-state index contributed by atoms with van der Waals surface area (Å²) < 4.78 is 0. The van der Waals surface area contributed by atoms with Gasteiger partial charge < -0.3 is 15.6 Å². The summed E-state index contributed by atoms with van der Waals surface area (Å²) in [5, 5.41) is 9.71. The van der Waals surface area contributed by atoms with Gasteiger partial charge in [-0.15, -0.1) is 0 Å². The lowest BCUT2D eigenvalue weighted by Gasteiger charge is -2.35. The van der Waals surface area contributed by atoms with Gasteiger partial charge in [0.15, 0.2) is 5.60 Å². The summed E-state index contributed by atoms with van der Waals surface area (Å²) in [6.45, 7) is 1.14. The number of primary amides is 1. The van der Waals surface area contributed by atoms with Crippen molar-refractivity contribution >= 4 is 12.2 Å². The zero-order chi connectivity index (χ0) is 9.90. The fourth-order valence-electron chi connectivity index (χ4n) is 1.59. The van der Waals surface area contributed by atoms with Gasteiger partial charge in [0.1, 0.15) is 6.29 Å². The summed E-state index contributed by atoms with van der Waals surface area (Å²) >= 11 is 0. The molecule has 1 aliphatic heterocycles. The van der Waals surface area contributed by atoms with Gasteiger partial charge in [0.25, 0.3) is 5.91 Å². The van der Waals surface area contributed by atoms with Gasteiger partial charge in [-0.2, -0.15) is 0 Å². The minimum Gasteiger partial charge on any atom is -0.379 e. The number of β-amino-alcohol motifs (C(OH)–C–C–N with tert-alkyl or cyclic N) is 1. The molecule has 0 aromatic rings. The molecule has 3 N–H and O–H groups in total. The molecule has 0 radical (unpaired) electrons. The van der Waals surface area contributed by atoms with Crippen molar-refractivity contribution in [2.75, 3.05) is 19.6 Å². The zero-order valence-corrected chi connectivity index (χ0v) is 7.40. The molecule has 74 valence electrons. The summed E-state index contributed by atoms with van der Waals surface area (Å²) in [6, 6.07) is 0. The Morgan fingerprint density at radius 3 is 2.92 bits per heavy atom. The molecule has 1 heterocycles. The number of nitrogens with two attached hydrogens (primary N) is 1. The second kappa shape index (κ2) is 3.85. The predicted molar refractivity (Wildman–Crippen MR) is 45.9 cm³/mol. The maximum atomic E-state index is 10.9. The molecule has 1 fully saturated rings. The molecule has 1 atom stereocenters. The highest BCUT2D eigenvalue weighted by Gasteiger charge is 2.38. The van der Waals surface area contributed by atoms with Crippen molar-refractivity contribution < 1.29 is 14.7 Å². The summed E-state index contributed by atoms with van der Waals surface area (Å²) in [5.41, 5.74) is 3.61. The quantitative estimate of drug-likeness (QED) is 0.525. The smallest absolute Gasteiger partial charge is 0.250 e. The molecule has 1 aliphatic rings. The van der Waals surface area contributed by atoms with E-state index < -0.39 is 11.5 Å². The van der Waals surface area contributed by atoms with E-state index in [1.807, 2.05) is 0 Å². The molecule has 1 saturated heterocycles. The van der Waals surface area contributed by atoms with Crippen LogP contribution >= 0.6 is 0 Å². The number of hydrogen-bond donors (Lipinski definition) is 2. The first-order chi connectivity index (χ1) is 6.08. The average Bonchev–Trinajstić information content (AvgIpc) is 2.04. The lowest BCUT2D eigenvalue weighted by atomic mass is 9.92. The van der Waals surface area contributed by atoms with E-state index in [-0.39, 0.29) is 13.1 Å². The highest BCUT2D eigenvalue weighted by Crippen LogP contribution is 2.19. The standard InChI is InChI=1S/C8H14N2O3/c9-7(12)8(13)2-1-3-10(6-8)4-5-11/h5,13H,1-4,6H2,(H2,9,12). The molecule has 0 aliphatic carbocycles. The van der Waals surface area contributed by atoms with Crippen LogP contribution in [0.15, 0.2) is 0 Å². The summed E-state index contributed by atoms with van der Waals surface area (Å²) in [7, 11) is 0. The monoisotopic (exact) mass is 186 g/mol. The Labute approximate surface area is 76.5 Å². The number of likely N-dealkylation sites (tertiary alicyclic amines) is 1. The normalized spacial score (nSPS) is 29.9. The molecule has 0 aromatic heterocycles. The minimum atomic E-state index is -1.44. The van der Waals surface area contributed by atoms with Gasteiger partial charge in [-0.1, -0.05) is 0 Å². The number of aliphatic hydroxyl groups is 1. The fraction of sp³-hybridized carbons (Fsp3) is 0.750. The van der Waals surface area contributed by atoms with Crippen molar-refractivity contribution in [1.82, 2.24) is 4.90 Å². The highest BCUT2D eigenvalue weighted by molar-refractivity contribution is 5.83. The predicted octanol–water partition coefficient (Wildman–Crippen LogP) is -1.50. The second-order valence-corrected chi connectivity index (χ2v) is 3.40. The van der Waals surface area contributed by atoms with Gasteiger partial charge in [0.05, 0.1) is 6.54 Å². The molecule has 1 unspecified atom stereocenters. The first-order valence-electron chi connectivity index (χ1n) is 4.27. The van der Waals surface area contributed by atoms with Gasteiger partial charge in [0.2, 0.25) is 0 Å². The molecule has 5 heteroatoms. The topological polar surface area (TPSA) is 83.6 Å². The van der Waals surface area contributed by atoms with Crippen LogP contribution in [0.25, 0.3) is 0 Å². The number of aldehydes is 1. The summed E-state index contributed by atoms with van der Waals surface area (Å²) in [5.74, 6) is -0.705. The molecule has 0 spiro atoms. The minimum absolute atomic E-state index is 0.168. The van der Waals surface area contributed by atoms with Gasteiger partial charge in [-0.3, -0.25) is 9.69 Å². The molecule has 0 bridgehead atoms. The SMILES string of the molecule is NC(=O)C1(O)CCCN(CC=O)C1. The maximum Gasteiger partial charge on any atom is 0.250 e. The zero-order valence-electron chi connectivity index (χ0n) is 7.40. The van der Waals surface area contributed by atoms with Crippen molar-refractivity contribution in [2.45, 2.75) is 18.4 Å². The Kier molecular flexibility index (Phi) is 3.00. The Morgan fingerprint density at radius 1 is 1.69 bits per heavy atom. The molecule has 0 saturated carbocycles. The van der Waals surface area contributed by atoms with E-state index in [1.165, 1.54) is 0 Å².